The SMILES string of the molecule is CC(C)(CCl)C(=O)NCc1cc(Br)ccc1F. The fourth-order valence-electron chi connectivity index (χ4n) is 1.15. The summed E-state index contributed by atoms with van der Waals surface area (Å²) in [6.07, 6.45) is 0. The number of alkyl halides is 1. The first-order valence-corrected chi connectivity index (χ1v) is 6.48. The summed E-state index contributed by atoms with van der Waals surface area (Å²) < 4.78 is 14.2. The molecule has 2 nitrogen and oxygen atoms in total. The van der Waals surface area contributed by atoms with Gasteiger partial charge in [-0.1, -0.05) is 15.9 Å². The van der Waals surface area contributed by atoms with Crippen LogP contribution in [0.1, 0.15) is 19.4 Å². The molecule has 0 aliphatic heterocycles. The fourth-order valence-corrected chi connectivity index (χ4v) is 1.68. The van der Waals surface area contributed by atoms with Crippen molar-refractivity contribution in [2.24, 2.45) is 5.41 Å². The highest BCUT2D eigenvalue weighted by Crippen LogP contribution is 2.18. The number of hydrogen-bond acceptors (Lipinski definition) is 1. The molecule has 0 aliphatic rings. The van der Waals surface area contributed by atoms with Crippen LogP contribution in [0.5, 0.6) is 0 Å². The van der Waals surface area contributed by atoms with Crippen molar-refractivity contribution in [3.05, 3.63) is 34.1 Å². The van der Waals surface area contributed by atoms with Crippen LogP contribution in [0, 0.1) is 11.2 Å². The third-order valence-corrected chi connectivity index (χ3v) is 3.56. The lowest BCUT2D eigenvalue weighted by Gasteiger charge is -2.20. The number of carbonyl (C=O) groups is 1. The molecular weight excluding hydrogens is 308 g/mol. The van der Waals surface area contributed by atoms with Crippen LogP contribution in [-0.2, 0) is 11.3 Å². The zero-order valence-corrected chi connectivity index (χ0v) is 12.0. The third-order valence-electron chi connectivity index (χ3n) is 2.40. The van der Waals surface area contributed by atoms with Crippen LogP contribution < -0.4 is 5.32 Å². The smallest absolute Gasteiger partial charge is 0.227 e. The van der Waals surface area contributed by atoms with Gasteiger partial charge in [-0.2, -0.15) is 0 Å². The standard InChI is InChI=1S/C12H14BrClFNO/c1-12(2,7-14)11(17)16-6-8-5-9(13)3-4-10(8)15/h3-5H,6-7H2,1-2H3,(H,16,17). The molecule has 1 N–H and O–H groups in total. The molecule has 0 bridgehead atoms. The molecule has 1 rings (SSSR count). The van der Waals surface area contributed by atoms with E-state index in [-0.39, 0.29) is 24.1 Å². The molecular formula is C12H14BrClFNO. The molecule has 5 heteroatoms. The van der Waals surface area contributed by atoms with E-state index >= 15 is 0 Å². The first-order valence-electron chi connectivity index (χ1n) is 5.15. The lowest BCUT2D eigenvalue weighted by atomic mass is 9.95. The zero-order chi connectivity index (χ0) is 13.1. The van der Waals surface area contributed by atoms with Gasteiger partial charge in [0.05, 0.1) is 5.41 Å². The quantitative estimate of drug-likeness (QED) is 0.845. The summed E-state index contributed by atoms with van der Waals surface area (Å²) in [6.45, 7) is 3.64. The van der Waals surface area contributed by atoms with Crippen LogP contribution in [0.25, 0.3) is 0 Å². The monoisotopic (exact) mass is 321 g/mol. The van der Waals surface area contributed by atoms with E-state index in [0.29, 0.717) is 5.56 Å². The molecule has 0 unspecified atom stereocenters. The Hall–Kier alpha value is -0.610. The van der Waals surface area contributed by atoms with E-state index in [9.17, 15) is 9.18 Å². The van der Waals surface area contributed by atoms with E-state index in [2.05, 4.69) is 21.2 Å². The van der Waals surface area contributed by atoms with Gasteiger partial charge in [0.2, 0.25) is 5.91 Å². The minimum Gasteiger partial charge on any atom is -0.351 e. The number of rotatable bonds is 4. The molecule has 0 aliphatic carbocycles. The van der Waals surface area contributed by atoms with Crippen molar-refractivity contribution in [1.82, 2.24) is 5.32 Å². The average Bonchev–Trinajstić information content (AvgIpc) is 2.29. The number of nitrogens with one attached hydrogen (secondary N) is 1. The van der Waals surface area contributed by atoms with Crippen molar-refractivity contribution >= 4 is 33.4 Å². The van der Waals surface area contributed by atoms with Crippen molar-refractivity contribution in [3.8, 4) is 0 Å². The highest BCUT2D eigenvalue weighted by molar-refractivity contribution is 9.10. The first-order chi connectivity index (χ1) is 7.86. The van der Waals surface area contributed by atoms with Crippen LogP contribution in [0.15, 0.2) is 22.7 Å². The molecule has 0 saturated carbocycles. The summed E-state index contributed by atoms with van der Waals surface area (Å²) in [7, 11) is 0. The largest absolute Gasteiger partial charge is 0.351 e. The summed E-state index contributed by atoms with van der Waals surface area (Å²) in [5, 5.41) is 2.67. The van der Waals surface area contributed by atoms with E-state index in [1.165, 1.54) is 6.07 Å². The lowest BCUT2D eigenvalue weighted by Crippen LogP contribution is -2.37. The molecule has 0 aromatic heterocycles. The minimum atomic E-state index is -0.649. The first kappa shape index (κ1) is 14.5. The molecule has 0 heterocycles. The Bertz CT molecular complexity index is 423. The topological polar surface area (TPSA) is 29.1 Å². The van der Waals surface area contributed by atoms with Crippen LogP contribution in [0.4, 0.5) is 4.39 Å². The van der Waals surface area contributed by atoms with E-state index in [4.69, 9.17) is 11.6 Å². The van der Waals surface area contributed by atoms with Gasteiger partial charge in [-0.25, -0.2) is 4.39 Å². The van der Waals surface area contributed by atoms with Crippen LogP contribution >= 0.6 is 27.5 Å². The second kappa shape index (κ2) is 5.83. The highest BCUT2D eigenvalue weighted by Gasteiger charge is 2.26. The molecule has 0 radical (unpaired) electrons. The van der Waals surface area contributed by atoms with Crippen LogP contribution in [0.3, 0.4) is 0 Å². The van der Waals surface area contributed by atoms with Gasteiger partial charge in [-0.05, 0) is 32.0 Å². The van der Waals surface area contributed by atoms with Crippen molar-refractivity contribution in [3.63, 3.8) is 0 Å². The zero-order valence-electron chi connectivity index (χ0n) is 9.69. The van der Waals surface area contributed by atoms with Crippen LogP contribution in [0.2, 0.25) is 0 Å². The van der Waals surface area contributed by atoms with Gasteiger partial charge < -0.3 is 5.32 Å². The van der Waals surface area contributed by atoms with Gasteiger partial charge in [-0.3, -0.25) is 4.79 Å². The predicted molar refractivity (Wildman–Crippen MR) is 70.4 cm³/mol. The molecule has 0 atom stereocenters. The van der Waals surface area contributed by atoms with E-state index in [0.717, 1.165) is 4.47 Å². The average molecular weight is 323 g/mol. The van der Waals surface area contributed by atoms with E-state index in [1.54, 1.807) is 26.0 Å². The van der Waals surface area contributed by atoms with Crippen LogP contribution in [-0.4, -0.2) is 11.8 Å². The summed E-state index contributed by atoms with van der Waals surface area (Å²) in [5.41, 5.74) is -0.206. The summed E-state index contributed by atoms with van der Waals surface area (Å²) >= 11 is 8.94. The number of amides is 1. The Balaban J connectivity index is 2.68. The third kappa shape index (κ3) is 3.96. The summed E-state index contributed by atoms with van der Waals surface area (Å²) in [6, 6.07) is 4.62. The minimum absolute atomic E-state index is 0.157. The molecule has 0 saturated heterocycles. The van der Waals surface area contributed by atoms with Crippen molar-refractivity contribution in [1.29, 1.82) is 0 Å². The molecule has 0 fully saturated rings. The molecule has 1 amide bonds. The Morgan fingerprint density at radius 1 is 1.53 bits per heavy atom. The number of hydrogen-bond donors (Lipinski definition) is 1. The Kier molecular flexibility index (Phi) is 4.95. The van der Waals surface area contributed by atoms with E-state index in [1.807, 2.05) is 0 Å². The van der Waals surface area contributed by atoms with Gasteiger partial charge >= 0.3 is 0 Å². The van der Waals surface area contributed by atoms with Crippen molar-refractivity contribution in [2.75, 3.05) is 5.88 Å². The van der Waals surface area contributed by atoms with Gasteiger partial charge in [-0.15, -0.1) is 11.6 Å². The number of benzene rings is 1. The van der Waals surface area contributed by atoms with Crippen molar-refractivity contribution in [2.45, 2.75) is 20.4 Å². The molecule has 1 aromatic carbocycles. The fraction of sp³-hybridized carbons (Fsp3) is 0.417. The second-order valence-electron chi connectivity index (χ2n) is 4.44. The highest BCUT2D eigenvalue weighted by atomic mass is 79.9. The van der Waals surface area contributed by atoms with Gasteiger partial charge in [0.25, 0.3) is 0 Å². The molecule has 0 spiro atoms. The number of halogens is 3. The van der Waals surface area contributed by atoms with Gasteiger partial charge in [0.15, 0.2) is 0 Å². The normalized spacial score (nSPS) is 11.4. The van der Waals surface area contributed by atoms with Gasteiger partial charge in [0, 0.05) is 22.5 Å². The van der Waals surface area contributed by atoms with Crippen molar-refractivity contribution < 1.29 is 9.18 Å². The number of carbonyl (C=O) groups excluding carboxylic acids is 1. The maximum Gasteiger partial charge on any atom is 0.227 e. The van der Waals surface area contributed by atoms with E-state index < -0.39 is 5.41 Å². The predicted octanol–water partition coefficient (Wildman–Crippen LogP) is 3.47. The second-order valence-corrected chi connectivity index (χ2v) is 5.62. The lowest BCUT2D eigenvalue weighted by molar-refractivity contribution is -0.128. The van der Waals surface area contributed by atoms with Gasteiger partial charge in [0.1, 0.15) is 5.82 Å². The Morgan fingerprint density at radius 2 is 2.18 bits per heavy atom. The molecule has 1 aromatic rings. The Morgan fingerprint density at radius 3 is 2.76 bits per heavy atom. The maximum absolute atomic E-state index is 13.4. The summed E-state index contributed by atoms with van der Waals surface area (Å²) in [4.78, 5) is 11.7. The summed E-state index contributed by atoms with van der Waals surface area (Å²) in [5.74, 6) is -0.302. The molecule has 17 heavy (non-hydrogen) atoms. The maximum atomic E-state index is 13.4. The Labute approximate surface area is 114 Å². The molecule has 94 valence electrons.